The van der Waals surface area contributed by atoms with Crippen LogP contribution >= 0.6 is 0 Å². The van der Waals surface area contributed by atoms with Gasteiger partial charge in [0, 0.05) is 17.1 Å². The van der Waals surface area contributed by atoms with Crippen LogP contribution in [0.15, 0.2) is 30.5 Å². The number of aromatic nitrogens is 1. The molecular formula is C10H9NO. The Morgan fingerprint density at radius 3 is 2.92 bits per heavy atom. The molecule has 2 nitrogen and oxygen atoms in total. The van der Waals surface area contributed by atoms with Gasteiger partial charge in [0.25, 0.3) is 0 Å². The monoisotopic (exact) mass is 159 g/mol. The first-order chi connectivity index (χ1) is 5.79. The van der Waals surface area contributed by atoms with Crippen LogP contribution in [0.3, 0.4) is 0 Å². The number of aryl methyl sites for hydroxylation is 1. The lowest BCUT2D eigenvalue weighted by molar-refractivity contribution is 0.472. The second-order valence-electron chi connectivity index (χ2n) is 2.78. The highest BCUT2D eigenvalue weighted by molar-refractivity contribution is 5.83. The second-order valence-corrected chi connectivity index (χ2v) is 2.78. The average molecular weight is 159 g/mol. The van der Waals surface area contributed by atoms with E-state index in [1.807, 2.05) is 25.1 Å². The summed E-state index contributed by atoms with van der Waals surface area (Å²) in [6.07, 6.45) is 1.73. The zero-order chi connectivity index (χ0) is 8.55. The standard InChI is InChI=1S/C10H9NO/c1-7-9(12)5-4-8-3-2-6-11-10(7)8/h2-6,12H,1H3. The molecule has 1 aromatic heterocycles. The van der Waals surface area contributed by atoms with Gasteiger partial charge in [0.05, 0.1) is 5.52 Å². The van der Waals surface area contributed by atoms with Crippen molar-refractivity contribution in [1.29, 1.82) is 0 Å². The fraction of sp³-hybridized carbons (Fsp3) is 0.100. The number of rotatable bonds is 0. The maximum absolute atomic E-state index is 9.38. The highest BCUT2D eigenvalue weighted by Gasteiger charge is 2.01. The SMILES string of the molecule is Cc1c(O)ccc2cccnc12. The van der Waals surface area contributed by atoms with Gasteiger partial charge in [-0.3, -0.25) is 4.98 Å². The third-order valence-corrected chi connectivity index (χ3v) is 2.00. The van der Waals surface area contributed by atoms with Gasteiger partial charge in [-0.2, -0.15) is 0 Å². The number of benzene rings is 1. The van der Waals surface area contributed by atoms with Crippen molar-refractivity contribution in [2.75, 3.05) is 0 Å². The van der Waals surface area contributed by atoms with Crippen LogP contribution in [-0.4, -0.2) is 10.1 Å². The number of pyridine rings is 1. The van der Waals surface area contributed by atoms with E-state index in [9.17, 15) is 5.11 Å². The molecule has 0 fully saturated rings. The quantitative estimate of drug-likeness (QED) is 0.639. The molecule has 0 aliphatic carbocycles. The number of phenols is 1. The summed E-state index contributed by atoms with van der Waals surface area (Å²) >= 11 is 0. The van der Waals surface area contributed by atoms with Gasteiger partial charge in [-0.15, -0.1) is 0 Å². The van der Waals surface area contributed by atoms with Crippen LogP contribution < -0.4 is 0 Å². The van der Waals surface area contributed by atoms with Crippen molar-refractivity contribution in [2.24, 2.45) is 0 Å². The van der Waals surface area contributed by atoms with E-state index in [0.29, 0.717) is 5.75 Å². The molecule has 0 aliphatic heterocycles. The molecule has 2 rings (SSSR count). The first kappa shape index (κ1) is 7.10. The summed E-state index contributed by atoms with van der Waals surface area (Å²) < 4.78 is 0. The van der Waals surface area contributed by atoms with Gasteiger partial charge < -0.3 is 5.11 Å². The van der Waals surface area contributed by atoms with E-state index in [-0.39, 0.29) is 0 Å². The Hall–Kier alpha value is -1.57. The third kappa shape index (κ3) is 0.925. The number of nitrogens with zero attached hydrogens (tertiary/aromatic N) is 1. The predicted octanol–water partition coefficient (Wildman–Crippen LogP) is 2.25. The molecule has 0 atom stereocenters. The van der Waals surface area contributed by atoms with E-state index in [0.717, 1.165) is 16.5 Å². The zero-order valence-electron chi connectivity index (χ0n) is 6.78. The normalized spacial score (nSPS) is 10.4. The summed E-state index contributed by atoms with van der Waals surface area (Å²) in [6.45, 7) is 1.87. The lowest BCUT2D eigenvalue weighted by atomic mass is 10.1. The highest BCUT2D eigenvalue weighted by Crippen LogP contribution is 2.23. The maximum Gasteiger partial charge on any atom is 0.120 e. The van der Waals surface area contributed by atoms with Crippen LogP contribution in [0, 0.1) is 6.92 Å². The number of aromatic hydroxyl groups is 1. The Labute approximate surface area is 70.5 Å². The van der Waals surface area contributed by atoms with Crippen LogP contribution in [0.4, 0.5) is 0 Å². The van der Waals surface area contributed by atoms with Crippen LogP contribution in [0.1, 0.15) is 5.56 Å². The summed E-state index contributed by atoms with van der Waals surface area (Å²) in [6, 6.07) is 7.43. The largest absolute Gasteiger partial charge is 0.508 e. The van der Waals surface area contributed by atoms with Crippen LogP contribution in [-0.2, 0) is 0 Å². The number of hydrogen-bond acceptors (Lipinski definition) is 2. The van der Waals surface area contributed by atoms with E-state index in [1.165, 1.54) is 0 Å². The lowest BCUT2D eigenvalue weighted by Crippen LogP contribution is -1.82. The topological polar surface area (TPSA) is 33.1 Å². The Morgan fingerprint density at radius 1 is 1.25 bits per heavy atom. The fourth-order valence-corrected chi connectivity index (χ4v) is 1.28. The van der Waals surface area contributed by atoms with Gasteiger partial charge in [0.1, 0.15) is 5.75 Å². The van der Waals surface area contributed by atoms with Crippen molar-refractivity contribution < 1.29 is 5.11 Å². The van der Waals surface area contributed by atoms with Crippen LogP contribution in [0.25, 0.3) is 10.9 Å². The molecule has 0 amide bonds. The molecule has 0 unspecified atom stereocenters. The minimum atomic E-state index is 0.307. The van der Waals surface area contributed by atoms with Crippen molar-refractivity contribution in [1.82, 2.24) is 4.98 Å². The molecule has 1 aromatic carbocycles. The smallest absolute Gasteiger partial charge is 0.120 e. The first-order valence-corrected chi connectivity index (χ1v) is 3.82. The fourth-order valence-electron chi connectivity index (χ4n) is 1.28. The molecule has 0 aliphatic rings. The van der Waals surface area contributed by atoms with Gasteiger partial charge in [-0.1, -0.05) is 6.07 Å². The van der Waals surface area contributed by atoms with Crippen molar-refractivity contribution in [2.45, 2.75) is 6.92 Å². The van der Waals surface area contributed by atoms with Gasteiger partial charge in [0.2, 0.25) is 0 Å². The molecule has 1 heterocycles. The van der Waals surface area contributed by atoms with Gasteiger partial charge in [0.15, 0.2) is 0 Å². The summed E-state index contributed by atoms with van der Waals surface area (Å²) in [5.41, 5.74) is 1.71. The molecule has 1 N–H and O–H groups in total. The van der Waals surface area contributed by atoms with E-state index in [2.05, 4.69) is 4.98 Å². The lowest BCUT2D eigenvalue weighted by Gasteiger charge is -2.01. The maximum atomic E-state index is 9.38. The number of hydrogen-bond donors (Lipinski definition) is 1. The van der Waals surface area contributed by atoms with Crippen LogP contribution in [0.5, 0.6) is 5.75 Å². The van der Waals surface area contributed by atoms with Gasteiger partial charge in [-0.05, 0) is 25.1 Å². The van der Waals surface area contributed by atoms with E-state index < -0.39 is 0 Å². The molecular weight excluding hydrogens is 150 g/mol. The highest BCUT2D eigenvalue weighted by atomic mass is 16.3. The van der Waals surface area contributed by atoms with Crippen molar-refractivity contribution in [3.05, 3.63) is 36.0 Å². The van der Waals surface area contributed by atoms with Crippen molar-refractivity contribution >= 4 is 10.9 Å². The van der Waals surface area contributed by atoms with Gasteiger partial charge in [-0.25, -0.2) is 0 Å². The van der Waals surface area contributed by atoms with Crippen molar-refractivity contribution in [3.63, 3.8) is 0 Å². The summed E-state index contributed by atoms with van der Waals surface area (Å²) in [7, 11) is 0. The molecule has 12 heavy (non-hydrogen) atoms. The molecule has 0 spiro atoms. The number of phenolic OH excluding ortho intramolecular Hbond substituents is 1. The van der Waals surface area contributed by atoms with E-state index in [1.54, 1.807) is 12.3 Å². The zero-order valence-corrected chi connectivity index (χ0v) is 6.78. The van der Waals surface area contributed by atoms with Crippen molar-refractivity contribution in [3.8, 4) is 5.75 Å². The Kier molecular flexibility index (Phi) is 1.47. The molecule has 2 aromatic rings. The van der Waals surface area contributed by atoms with Crippen LogP contribution in [0.2, 0.25) is 0 Å². The minimum absolute atomic E-state index is 0.307. The molecule has 0 saturated heterocycles. The molecule has 0 radical (unpaired) electrons. The average Bonchev–Trinajstić information content (AvgIpc) is 2.12. The van der Waals surface area contributed by atoms with E-state index in [4.69, 9.17) is 0 Å². The second kappa shape index (κ2) is 2.48. The molecule has 2 heteroatoms. The minimum Gasteiger partial charge on any atom is -0.508 e. The molecule has 60 valence electrons. The summed E-state index contributed by atoms with van der Waals surface area (Å²) in [4.78, 5) is 4.18. The predicted molar refractivity (Wildman–Crippen MR) is 48.1 cm³/mol. The molecule has 0 saturated carbocycles. The first-order valence-electron chi connectivity index (χ1n) is 3.82. The Morgan fingerprint density at radius 2 is 2.08 bits per heavy atom. The Bertz CT molecular complexity index is 423. The number of fused-ring (bicyclic) bond motifs is 1. The summed E-state index contributed by atoms with van der Waals surface area (Å²) in [5, 5.41) is 10.4. The molecule has 0 bridgehead atoms. The summed E-state index contributed by atoms with van der Waals surface area (Å²) in [5.74, 6) is 0.307. The van der Waals surface area contributed by atoms with Gasteiger partial charge >= 0.3 is 0 Å². The Balaban J connectivity index is 2.91. The third-order valence-electron chi connectivity index (χ3n) is 2.00. The van der Waals surface area contributed by atoms with E-state index >= 15 is 0 Å².